The molecule has 2 amide bonds. The van der Waals surface area contributed by atoms with Gasteiger partial charge < -0.3 is 29.6 Å². The van der Waals surface area contributed by atoms with Crippen LogP contribution in [-0.2, 0) is 34.1 Å². The lowest BCUT2D eigenvalue weighted by Gasteiger charge is -2.36. The second-order valence-electron chi connectivity index (χ2n) is 16.7. The molecule has 0 heterocycles. The number of carbonyl (C=O) groups is 3. The average molecular weight is 886 g/mol. The van der Waals surface area contributed by atoms with E-state index in [0.29, 0.717) is 16.5 Å². The normalized spacial score (nSPS) is 15.3. The molecule has 0 bridgehead atoms. The average Bonchev–Trinajstić information content (AvgIpc) is 3.65. The van der Waals surface area contributed by atoms with Crippen molar-refractivity contribution in [3.8, 4) is 11.1 Å². The highest BCUT2D eigenvalue weighted by Crippen LogP contribution is 2.46. The number of esters is 1. The highest BCUT2D eigenvalue weighted by atomic mass is 35.5. The number of alkyl carbamates (subject to hydrolysis) is 1. The van der Waals surface area contributed by atoms with Crippen LogP contribution >= 0.6 is 11.6 Å². The Morgan fingerprint density at radius 3 is 1.78 bits per heavy atom. The molecule has 0 radical (unpaired) electrons. The van der Waals surface area contributed by atoms with E-state index in [9.17, 15) is 14.4 Å². The van der Waals surface area contributed by atoms with E-state index in [0.717, 1.165) is 22.3 Å². The molecular formula is C54H61ClN2O7. The Labute approximate surface area is 383 Å². The predicted octanol–water partition coefficient (Wildman–Crippen LogP) is 11.3. The van der Waals surface area contributed by atoms with Gasteiger partial charge in [0.1, 0.15) is 6.61 Å². The van der Waals surface area contributed by atoms with Crippen molar-refractivity contribution in [3.05, 3.63) is 166 Å². The maximum atomic E-state index is 13.8. The molecule has 0 spiro atoms. The van der Waals surface area contributed by atoms with Gasteiger partial charge in [-0.15, -0.1) is 0 Å². The number of carbonyl (C=O) groups excluding carboxylic acids is 3. The monoisotopic (exact) mass is 884 g/mol. The van der Waals surface area contributed by atoms with Gasteiger partial charge in [-0.2, -0.15) is 0 Å². The standard InChI is InChI=1S/C54H61ClN2O7/c55-50-26-16-15-25-49(50)54(42-19-9-6-10-20-42,43-29-27-41(28-30-43)40-17-7-4-2-1-3-5-8-18-40)64-52(59)32-36-62-37-33-56-51(58)31-35-61-38-34-57-53(60)63-39-48-46-23-13-11-21-44(46)45-22-12-14-24-47(45)48/h6,9-16,19-30,40,48H,1-5,7-8,17-18,31-39H2,(H,56,58)(H,57,60). The minimum absolute atomic E-state index is 0.00501. The first-order chi connectivity index (χ1) is 31.4. The van der Waals surface area contributed by atoms with E-state index in [4.69, 9.17) is 30.5 Å². The molecule has 2 aliphatic rings. The third-order valence-corrected chi connectivity index (χ3v) is 12.8. The van der Waals surface area contributed by atoms with Gasteiger partial charge in [0.15, 0.2) is 5.60 Å². The lowest BCUT2D eigenvalue weighted by Crippen LogP contribution is -2.36. The topological polar surface area (TPSA) is 112 Å². The molecular weight excluding hydrogens is 824 g/mol. The van der Waals surface area contributed by atoms with Crippen molar-refractivity contribution < 1.29 is 33.3 Å². The Morgan fingerprint density at radius 1 is 0.578 bits per heavy atom. The Kier molecular flexibility index (Phi) is 17.4. The summed E-state index contributed by atoms with van der Waals surface area (Å²) in [5, 5.41) is 6.04. The molecule has 0 aliphatic heterocycles. The molecule has 2 aliphatic carbocycles. The molecule has 1 atom stereocenters. The molecule has 1 unspecified atom stereocenters. The second kappa shape index (κ2) is 24.0. The fraction of sp³-hybridized carbons (Fsp3) is 0.389. The van der Waals surface area contributed by atoms with E-state index in [1.165, 1.54) is 74.5 Å². The summed E-state index contributed by atoms with van der Waals surface area (Å²) < 4.78 is 23.5. The van der Waals surface area contributed by atoms with E-state index in [-0.39, 0.29) is 70.8 Å². The third kappa shape index (κ3) is 12.2. The van der Waals surface area contributed by atoms with Crippen molar-refractivity contribution in [2.24, 2.45) is 0 Å². The number of hydrogen-bond acceptors (Lipinski definition) is 7. The number of nitrogens with one attached hydrogen (secondary N) is 2. The zero-order valence-electron chi connectivity index (χ0n) is 36.7. The Balaban J connectivity index is 0.833. The summed E-state index contributed by atoms with van der Waals surface area (Å²) in [5.74, 6) is -0.126. The van der Waals surface area contributed by atoms with Gasteiger partial charge in [-0.05, 0) is 52.6 Å². The van der Waals surface area contributed by atoms with E-state index in [2.05, 4.69) is 59.2 Å². The summed E-state index contributed by atoms with van der Waals surface area (Å²) in [6.45, 7) is 1.55. The molecule has 1 fully saturated rings. The summed E-state index contributed by atoms with van der Waals surface area (Å²) in [6.07, 6.45) is 11.1. The molecule has 1 saturated carbocycles. The van der Waals surface area contributed by atoms with Gasteiger partial charge in [-0.3, -0.25) is 9.59 Å². The molecule has 10 heteroatoms. The maximum Gasteiger partial charge on any atom is 0.407 e. The first-order valence-electron chi connectivity index (χ1n) is 23.1. The van der Waals surface area contributed by atoms with Crippen molar-refractivity contribution in [2.75, 3.05) is 46.1 Å². The Bertz CT molecular complexity index is 2210. The fourth-order valence-corrected chi connectivity index (χ4v) is 9.44. The number of benzene rings is 5. The van der Waals surface area contributed by atoms with E-state index >= 15 is 0 Å². The number of ether oxygens (including phenoxy) is 4. The zero-order valence-corrected chi connectivity index (χ0v) is 37.5. The van der Waals surface area contributed by atoms with E-state index in [1.807, 2.05) is 78.9 Å². The van der Waals surface area contributed by atoms with Crippen LogP contribution in [0.15, 0.2) is 127 Å². The Hall–Kier alpha value is -5.48. The lowest BCUT2D eigenvalue weighted by molar-refractivity contribution is -0.154. The Morgan fingerprint density at radius 2 is 1.12 bits per heavy atom. The highest BCUT2D eigenvalue weighted by Gasteiger charge is 2.42. The molecule has 5 aromatic rings. The lowest BCUT2D eigenvalue weighted by atomic mass is 9.78. The number of hydrogen-bond donors (Lipinski definition) is 2. The molecule has 0 aromatic heterocycles. The first-order valence-corrected chi connectivity index (χ1v) is 23.5. The van der Waals surface area contributed by atoms with Gasteiger partial charge in [0.2, 0.25) is 5.91 Å². The molecule has 2 N–H and O–H groups in total. The molecule has 336 valence electrons. The smallest absolute Gasteiger partial charge is 0.407 e. The van der Waals surface area contributed by atoms with Gasteiger partial charge in [-0.25, -0.2) is 4.79 Å². The van der Waals surface area contributed by atoms with E-state index < -0.39 is 17.7 Å². The molecule has 0 saturated heterocycles. The van der Waals surface area contributed by atoms with Gasteiger partial charge in [0, 0.05) is 47.1 Å². The summed E-state index contributed by atoms with van der Waals surface area (Å²) in [6, 6.07) is 42.4. The zero-order chi connectivity index (χ0) is 44.4. The fourth-order valence-electron chi connectivity index (χ4n) is 9.18. The van der Waals surface area contributed by atoms with Gasteiger partial charge in [0.25, 0.3) is 0 Å². The van der Waals surface area contributed by atoms with Crippen molar-refractivity contribution in [1.29, 1.82) is 0 Å². The quantitative estimate of drug-likeness (QED) is 0.0482. The van der Waals surface area contributed by atoms with Crippen LogP contribution in [0.3, 0.4) is 0 Å². The van der Waals surface area contributed by atoms with Crippen LogP contribution in [0.2, 0.25) is 5.02 Å². The number of rotatable bonds is 19. The largest absolute Gasteiger partial charge is 0.449 e. The van der Waals surface area contributed by atoms with Gasteiger partial charge >= 0.3 is 12.1 Å². The highest BCUT2D eigenvalue weighted by molar-refractivity contribution is 6.31. The van der Waals surface area contributed by atoms with Gasteiger partial charge in [0.05, 0.1) is 32.8 Å². The molecule has 7 rings (SSSR count). The van der Waals surface area contributed by atoms with Crippen molar-refractivity contribution in [1.82, 2.24) is 10.6 Å². The van der Waals surface area contributed by atoms with Crippen LogP contribution in [0.4, 0.5) is 4.79 Å². The first kappa shape index (κ1) is 46.5. The number of halogens is 1. The summed E-state index contributed by atoms with van der Waals surface area (Å²) in [7, 11) is 0. The van der Waals surface area contributed by atoms with Crippen LogP contribution in [0, 0.1) is 0 Å². The summed E-state index contributed by atoms with van der Waals surface area (Å²) in [4.78, 5) is 38.7. The van der Waals surface area contributed by atoms with Crippen LogP contribution in [0.25, 0.3) is 11.1 Å². The minimum atomic E-state index is -1.29. The third-order valence-electron chi connectivity index (χ3n) is 12.4. The maximum absolute atomic E-state index is 13.8. The van der Waals surface area contributed by atoms with E-state index in [1.54, 1.807) is 0 Å². The number of amides is 2. The minimum Gasteiger partial charge on any atom is -0.449 e. The molecule has 5 aromatic carbocycles. The summed E-state index contributed by atoms with van der Waals surface area (Å²) in [5.41, 5.74) is 6.99. The SMILES string of the molecule is O=C(CCOCCNC(=O)OCC1c2ccccc2-c2ccccc21)NCCOCCC(=O)OC(c1ccccc1)(c1ccc(C2CCCCCCCCC2)cc1)c1ccccc1Cl. The van der Waals surface area contributed by atoms with Crippen molar-refractivity contribution in [3.63, 3.8) is 0 Å². The number of fused-ring (bicyclic) bond motifs is 3. The van der Waals surface area contributed by atoms with Gasteiger partial charge in [-0.1, -0.05) is 178 Å². The van der Waals surface area contributed by atoms with Crippen LogP contribution in [-0.4, -0.2) is 64.1 Å². The van der Waals surface area contributed by atoms with Crippen molar-refractivity contribution in [2.45, 2.75) is 88.1 Å². The summed E-state index contributed by atoms with van der Waals surface area (Å²) >= 11 is 6.93. The van der Waals surface area contributed by atoms with Crippen LogP contribution in [0.1, 0.15) is 116 Å². The van der Waals surface area contributed by atoms with Crippen LogP contribution in [0.5, 0.6) is 0 Å². The second-order valence-corrected chi connectivity index (χ2v) is 17.1. The molecule has 9 nitrogen and oxygen atoms in total. The molecule has 64 heavy (non-hydrogen) atoms. The van der Waals surface area contributed by atoms with Crippen LogP contribution < -0.4 is 10.6 Å². The van der Waals surface area contributed by atoms with Crippen molar-refractivity contribution >= 4 is 29.6 Å². The predicted molar refractivity (Wildman–Crippen MR) is 252 cm³/mol.